The Kier molecular flexibility index (Phi) is 8.11. The van der Waals surface area contributed by atoms with Crippen molar-refractivity contribution in [2.24, 2.45) is 5.92 Å². The van der Waals surface area contributed by atoms with Gasteiger partial charge in [-0.1, -0.05) is 30.3 Å². The van der Waals surface area contributed by atoms with Crippen LogP contribution in [0.1, 0.15) is 37.7 Å². The Morgan fingerprint density at radius 2 is 1.81 bits per heavy atom. The molecule has 1 aromatic rings. The molecule has 0 unspecified atom stereocenters. The van der Waals surface area contributed by atoms with Gasteiger partial charge >= 0.3 is 0 Å². The molecule has 2 fully saturated rings. The molecule has 2 heterocycles. The molecular formula is C22H35N3O2. The number of carbonyl (C=O) groups excluding carboxylic acids is 1. The fourth-order valence-electron chi connectivity index (χ4n) is 4.37. The van der Waals surface area contributed by atoms with Gasteiger partial charge in [0.1, 0.15) is 0 Å². The Morgan fingerprint density at radius 1 is 1.04 bits per heavy atom. The number of nitrogens with zero attached hydrogens (tertiary/aromatic N) is 3. The van der Waals surface area contributed by atoms with Crippen molar-refractivity contribution in [3.05, 3.63) is 35.9 Å². The van der Waals surface area contributed by atoms with E-state index in [1.165, 1.54) is 18.4 Å². The molecule has 0 radical (unpaired) electrons. The van der Waals surface area contributed by atoms with Gasteiger partial charge in [0.15, 0.2) is 0 Å². The molecule has 5 heteroatoms. The first kappa shape index (κ1) is 20.3. The highest BCUT2D eigenvalue weighted by Crippen LogP contribution is 2.22. The summed E-state index contributed by atoms with van der Waals surface area (Å²) in [6, 6.07) is 10.6. The molecule has 0 spiro atoms. The number of rotatable bonds is 8. The second kappa shape index (κ2) is 10.8. The van der Waals surface area contributed by atoms with Gasteiger partial charge in [0.05, 0.1) is 0 Å². The molecule has 3 rings (SSSR count). The summed E-state index contributed by atoms with van der Waals surface area (Å²) >= 11 is 0. The molecule has 0 bridgehead atoms. The average molecular weight is 374 g/mol. The third-order valence-corrected chi connectivity index (χ3v) is 5.98. The number of amides is 1. The minimum atomic E-state index is 0.274. The van der Waals surface area contributed by atoms with Gasteiger partial charge in [-0.3, -0.25) is 9.69 Å². The fourth-order valence-corrected chi connectivity index (χ4v) is 4.37. The van der Waals surface area contributed by atoms with Gasteiger partial charge in [-0.15, -0.1) is 0 Å². The van der Waals surface area contributed by atoms with Gasteiger partial charge in [-0.25, -0.2) is 0 Å². The summed E-state index contributed by atoms with van der Waals surface area (Å²) in [7, 11) is 0. The van der Waals surface area contributed by atoms with Crippen LogP contribution >= 0.6 is 0 Å². The van der Waals surface area contributed by atoms with E-state index in [4.69, 9.17) is 5.11 Å². The van der Waals surface area contributed by atoms with Crippen molar-refractivity contribution < 1.29 is 9.90 Å². The molecule has 2 saturated heterocycles. The summed E-state index contributed by atoms with van der Waals surface area (Å²) in [4.78, 5) is 19.6. The van der Waals surface area contributed by atoms with Crippen molar-refractivity contribution in [2.75, 3.05) is 52.4 Å². The van der Waals surface area contributed by atoms with Crippen molar-refractivity contribution in [1.82, 2.24) is 14.7 Å². The van der Waals surface area contributed by atoms with Crippen LogP contribution < -0.4 is 0 Å². The number of piperidine rings is 1. The average Bonchev–Trinajstić information content (AvgIpc) is 2.72. The summed E-state index contributed by atoms with van der Waals surface area (Å²) in [6.45, 7) is 8.15. The summed E-state index contributed by atoms with van der Waals surface area (Å²) in [5.41, 5.74) is 1.35. The lowest BCUT2D eigenvalue weighted by Gasteiger charge is -2.36. The van der Waals surface area contributed by atoms with E-state index in [9.17, 15) is 4.79 Å². The Bertz CT molecular complexity index is 558. The van der Waals surface area contributed by atoms with Crippen molar-refractivity contribution in [1.29, 1.82) is 0 Å². The zero-order valence-corrected chi connectivity index (χ0v) is 16.6. The van der Waals surface area contributed by atoms with Gasteiger partial charge in [0, 0.05) is 58.8 Å². The molecular weight excluding hydrogens is 338 g/mol. The molecule has 0 aromatic heterocycles. The van der Waals surface area contributed by atoms with Crippen LogP contribution in [0.25, 0.3) is 0 Å². The third kappa shape index (κ3) is 6.59. The summed E-state index contributed by atoms with van der Waals surface area (Å²) in [5, 5.41) is 9.00. The first-order valence-electron chi connectivity index (χ1n) is 10.6. The smallest absolute Gasteiger partial charge is 0.222 e. The number of aliphatic hydroxyl groups is 1. The van der Waals surface area contributed by atoms with Crippen LogP contribution in [0.4, 0.5) is 0 Å². The highest BCUT2D eigenvalue weighted by atomic mass is 16.3. The van der Waals surface area contributed by atoms with Crippen molar-refractivity contribution in [2.45, 2.75) is 38.6 Å². The molecule has 1 aromatic carbocycles. The maximum absolute atomic E-state index is 12.6. The Hall–Kier alpha value is -1.43. The van der Waals surface area contributed by atoms with Gasteiger partial charge in [-0.2, -0.15) is 0 Å². The van der Waals surface area contributed by atoms with Gasteiger partial charge < -0.3 is 14.9 Å². The first-order chi connectivity index (χ1) is 13.2. The Balaban J connectivity index is 1.34. The van der Waals surface area contributed by atoms with Crippen LogP contribution in [0.3, 0.4) is 0 Å². The van der Waals surface area contributed by atoms with E-state index in [1.807, 2.05) is 0 Å². The van der Waals surface area contributed by atoms with Crippen LogP contribution in [-0.4, -0.2) is 78.1 Å². The normalized spacial score (nSPS) is 22.1. The van der Waals surface area contributed by atoms with Gasteiger partial charge in [0.25, 0.3) is 0 Å². The molecule has 27 heavy (non-hydrogen) atoms. The molecule has 150 valence electrons. The molecule has 2 aliphatic rings. The second-order valence-electron chi connectivity index (χ2n) is 8.07. The molecule has 1 atom stereocenters. The molecule has 2 aliphatic heterocycles. The van der Waals surface area contributed by atoms with Crippen LogP contribution in [0.15, 0.2) is 30.3 Å². The van der Waals surface area contributed by atoms with Crippen molar-refractivity contribution >= 4 is 5.91 Å². The van der Waals surface area contributed by atoms with E-state index < -0.39 is 0 Å². The third-order valence-electron chi connectivity index (χ3n) is 5.98. The molecule has 1 amide bonds. The van der Waals surface area contributed by atoms with Gasteiger partial charge in [-0.05, 0) is 43.7 Å². The van der Waals surface area contributed by atoms with E-state index >= 15 is 0 Å². The van der Waals surface area contributed by atoms with Crippen LogP contribution in [0.5, 0.6) is 0 Å². The van der Waals surface area contributed by atoms with E-state index in [-0.39, 0.29) is 6.61 Å². The zero-order chi connectivity index (χ0) is 18.9. The maximum Gasteiger partial charge on any atom is 0.222 e. The molecule has 1 N–H and O–H groups in total. The number of benzene rings is 1. The molecule has 0 aliphatic carbocycles. The monoisotopic (exact) mass is 373 g/mol. The second-order valence-corrected chi connectivity index (χ2v) is 8.07. The molecule has 0 saturated carbocycles. The first-order valence-corrected chi connectivity index (χ1v) is 10.6. The van der Waals surface area contributed by atoms with Crippen LogP contribution in [0, 0.1) is 5.92 Å². The topological polar surface area (TPSA) is 47.0 Å². The predicted molar refractivity (Wildman–Crippen MR) is 108 cm³/mol. The fraction of sp³-hybridized carbons (Fsp3) is 0.682. The summed E-state index contributed by atoms with van der Waals surface area (Å²) < 4.78 is 0. The lowest BCUT2D eigenvalue weighted by atomic mass is 9.93. The number of carbonyl (C=O) groups is 1. The van der Waals surface area contributed by atoms with Crippen molar-refractivity contribution in [3.8, 4) is 0 Å². The number of piperazine rings is 1. The quantitative estimate of drug-likeness (QED) is 0.759. The Labute approximate surface area is 163 Å². The predicted octanol–water partition coefficient (Wildman–Crippen LogP) is 2.21. The Morgan fingerprint density at radius 3 is 2.56 bits per heavy atom. The summed E-state index contributed by atoms with van der Waals surface area (Å²) in [5.74, 6) is 0.975. The largest absolute Gasteiger partial charge is 0.396 e. The SMILES string of the molecule is O=C(CC[C@@H]1CCCN(CCCO)C1)N1CCN(Cc2ccccc2)CC1. The lowest BCUT2D eigenvalue weighted by Crippen LogP contribution is -2.48. The minimum Gasteiger partial charge on any atom is -0.396 e. The zero-order valence-electron chi connectivity index (χ0n) is 16.6. The standard InChI is InChI=1S/C22H35N3O2/c26-17-5-12-23-11-4-8-21(19-23)9-10-22(27)25-15-13-24(14-16-25)18-20-6-2-1-3-7-20/h1-3,6-7,21,26H,4-5,8-19H2/t21-/m0/s1. The number of hydrogen-bond donors (Lipinski definition) is 1. The highest BCUT2D eigenvalue weighted by Gasteiger charge is 2.24. The van der Waals surface area contributed by atoms with E-state index in [1.54, 1.807) is 0 Å². The van der Waals surface area contributed by atoms with Crippen LogP contribution in [-0.2, 0) is 11.3 Å². The molecule has 5 nitrogen and oxygen atoms in total. The van der Waals surface area contributed by atoms with Crippen LogP contribution in [0.2, 0.25) is 0 Å². The summed E-state index contributed by atoms with van der Waals surface area (Å²) in [6.07, 6.45) is 5.03. The number of hydrogen-bond acceptors (Lipinski definition) is 4. The van der Waals surface area contributed by atoms with Gasteiger partial charge in [0.2, 0.25) is 5.91 Å². The van der Waals surface area contributed by atoms with E-state index in [0.717, 1.165) is 65.2 Å². The van der Waals surface area contributed by atoms with E-state index in [2.05, 4.69) is 45.0 Å². The van der Waals surface area contributed by atoms with Crippen molar-refractivity contribution in [3.63, 3.8) is 0 Å². The lowest BCUT2D eigenvalue weighted by molar-refractivity contribution is -0.133. The maximum atomic E-state index is 12.6. The minimum absolute atomic E-state index is 0.274. The highest BCUT2D eigenvalue weighted by molar-refractivity contribution is 5.76. The number of likely N-dealkylation sites (tertiary alicyclic amines) is 1. The number of aliphatic hydroxyl groups excluding tert-OH is 1. The van der Waals surface area contributed by atoms with E-state index in [0.29, 0.717) is 18.2 Å².